The first-order valence-electron chi connectivity index (χ1n) is 8.57. The monoisotopic (exact) mass is 327 g/mol. The molecule has 2 aromatic rings. The van der Waals surface area contributed by atoms with E-state index in [1.807, 2.05) is 38.1 Å². The molecule has 3 heterocycles. The molecule has 3 rings (SSSR count). The topological polar surface area (TPSA) is 74.2 Å². The van der Waals surface area contributed by atoms with E-state index < -0.39 is 0 Å². The van der Waals surface area contributed by atoms with E-state index >= 15 is 0 Å². The van der Waals surface area contributed by atoms with Crippen molar-refractivity contribution in [3.63, 3.8) is 0 Å². The van der Waals surface area contributed by atoms with E-state index in [1.165, 1.54) is 12.8 Å². The van der Waals surface area contributed by atoms with Crippen LogP contribution in [0.25, 0.3) is 0 Å². The number of likely N-dealkylation sites (tertiary alicyclic amines) is 1. The number of nitrogens with zero attached hydrogens (tertiary/aromatic N) is 4. The van der Waals surface area contributed by atoms with Crippen molar-refractivity contribution in [1.82, 2.24) is 19.9 Å². The molecule has 1 atom stereocenters. The summed E-state index contributed by atoms with van der Waals surface area (Å²) in [6.45, 7) is 5.76. The second kappa shape index (κ2) is 7.68. The summed E-state index contributed by atoms with van der Waals surface area (Å²) in [6.07, 6.45) is 3.44. The van der Waals surface area contributed by atoms with Gasteiger partial charge in [-0.15, -0.1) is 0 Å². The summed E-state index contributed by atoms with van der Waals surface area (Å²) < 4.78 is 0. The number of β-amino-alcohol motifs (C(OH)–C–C–N with tert-alkyl or cyclic N) is 1. The van der Waals surface area contributed by atoms with Crippen molar-refractivity contribution in [3.8, 4) is 0 Å². The van der Waals surface area contributed by atoms with E-state index in [0.29, 0.717) is 6.54 Å². The summed E-state index contributed by atoms with van der Waals surface area (Å²) in [7, 11) is 0. The van der Waals surface area contributed by atoms with Crippen LogP contribution in [0.3, 0.4) is 0 Å². The Hall–Kier alpha value is -2.05. The Morgan fingerprint density at radius 1 is 1.17 bits per heavy atom. The molecule has 0 aliphatic carbocycles. The summed E-state index contributed by atoms with van der Waals surface area (Å²) in [4.78, 5) is 15.9. The number of anilines is 2. The molecule has 6 nitrogen and oxygen atoms in total. The first-order valence-corrected chi connectivity index (χ1v) is 8.57. The van der Waals surface area contributed by atoms with Gasteiger partial charge in [0.25, 0.3) is 0 Å². The van der Waals surface area contributed by atoms with Gasteiger partial charge in [-0.2, -0.15) is 0 Å². The van der Waals surface area contributed by atoms with Crippen LogP contribution in [-0.4, -0.2) is 44.7 Å². The standard InChI is InChI=1S/C18H25N5O/c1-13-6-5-8-17(19-13)22-18-12-15(20-14(2)21-18)16-7-3-4-9-23(16)10-11-24/h5-6,8,12,16,24H,3-4,7,9-11H2,1-2H3,(H,19,20,21,22). The fraction of sp³-hybridized carbons (Fsp3) is 0.500. The lowest BCUT2D eigenvalue weighted by Crippen LogP contribution is -2.36. The minimum absolute atomic E-state index is 0.179. The molecule has 1 saturated heterocycles. The van der Waals surface area contributed by atoms with Crippen LogP contribution in [0.4, 0.5) is 11.6 Å². The maximum atomic E-state index is 9.32. The Labute approximate surface area is 143 Å². The van der Waals surface area contributed by atoms with Crippen molar-refractivity contribution in [2.45, 2.75) is 39.2 Å². The molecule has 24 heavy (non-hydrogen) atoms. The van der Waals surface area contributed by atoms with Gasteiger partial charge in [0.1, 0.15) is 17.5 Å². The third-order valence-corrected chi connectivity index (χ3v) is 4.34. The Kier molecular flexibility index (Phi) is 5.37. The van der Waals surface area contributed by atoms with Crippen LogP contribution in [-0.2, 0) is 0 Å². The third kappa shape index (κ3) is 4.07. The summed E-state index contributed by atoms with van der Waals surface area (Å²) in [5.74, 6) is 2.30. The SMILES string of the molecule is Cc1cccc(Nc2cc(C3CCCCN3CCO)nc(C)n2)n1. The number of aryl methyl sites for hydroxylation is 2. The number of piperidine rings is 1. The first kappa shape index (κ1) is 16.8. The smallest absolute Gasteiger partial charge is 0.135 e. The van der Waals surface area contributed by atoms with Gasteiger partial charge >= 0.3 is 0 Å². The van der Waals surface area contributed by atoms with Crippen LogP contribution in [0.5, 0.6) is 0 Å². The van der Waals surface area contributed by atoms with Gasteiger partial charge in [0.15, 0.2) is 0 Å². The highest BCUT2D eigenvalue weighted by atomic mass is 16.3. The Morgan fingerprint density at radius 3 is 2.83 bits per heavy atom. The molecule has 1 aliphatic rings. The fourth-order valence-electron chi connectivity index (χ4n) is 3.29. The van der Waals surface area contributed by atoms with E-state index in [1.54, 1.807) is 0 Å². The molecule has 0 saturated carbocycles. The number of rotatable bonds is 5. The summed E-state index contributed by atoms with van der Waals surface area (Å²) in [5.41, 5.74) is 1.98. The molecule has 1 fully saturated rings. The van der Waals surface area contributed by atoms with Gasteiger partial charge < -0.3 is 10.4 Å². The number of nitrogens with one attached hydrogen (secondary N) is 1. The summed E-state index contributed by atoms with van der Waals surface area (Å²) >= 11 is 0. The fourth-order valence-corrected chi connectivity index (χ4v) is 3.29. The highest BCUT2D eigenvalue weighted by Gasteiger charge is 2.25. The second-order valence-electron chi connectivity index (χ2n) is 6.29. The van der Waals surface area contributed by atoms with Crippen molar-refractivity contribution in [2.24, 2.45) is 0 Å². The quantitative estimate of drug-likeness (QED) is 0.879. The molecule has 1 unspecified atom stereocenters. The molecule has 0 amide bonds. The van der Waals surface area contributed by atoms with Crippen molar-refractivity contribution in [1.29, 1.82) is 0 Å². The van der Waals surface area contributed by atoms with Crippen molar-refractivity contribution in [3.05, 3.63) is 41.5 Å². The molecular formula is C18H25N5O. The number of aromatic nitrogens is 3. The zero-order valence-corrected chi connectivity index (χ0v) is 14.4. The number of hydrogen-bond acceptors (Lipinski definition) is 6. The molecular weight excluding hydrogens is 302 g/mol. The van der Waals surface area contributed by atoms with Gasteiger partial charge in [-0.1, -0.05) is 12.5 Å². The molecule has 0 radical (unpaired) electrons. The second-order valence-corrected chi connectivity index (χ2v) is 6.29. The maximum Gasteiger partial charge on any atom is 0.135 e. The average Bonchev–Trinajstić information content (AvgIpc) is 2.55. The van der Waals surface area contributed by atoms with E-state index in [4.69, 9.17) is 0 Å². The average molecular weight is 327 g/mol. The van der Waals surface area contributed by atoms with Crippen LogP contribution < -0.4 is 5.32 Å². The molecule has 0 aromatic carbocycles. The predicted molar refractivity (Wildman–Crippen MR) is 94.3 cm³/mol. The van der Waals surface area contributed by atoms with Crippen LogP contribution in [0, 0.1) is 13.8 Å². The number of aliphatic hydroxyl groups excluding tert-OH is 1. The van der Waals surface area contributed by atoms with E-state index in [0.717, 1.165) is 41.8 Å². The van der Waals surface area contributed by atoms with Crippen LogP contribution in [0.15, 0.2) is 24.3 Å². The Bertz CT molecular complexity index is 689. The number of pyridine rings is 1. The van der Waals surface area contributed by atoms with Crippen LogP contribution in [0.1, 0.15) is 42.5 Å². The third-order valence-electron chi connectivity index (χ3n) is 4.34. The highest BCUT2D eigenvalue weighted by molar-refractivity contribution is 5.52. The lowest BCUT2D eigenvalue weighted by atomic mass is 9.99. The molecule has 0 spiro atoms. The van der Waals surface area contributed by atoms with Crippen LogP contribution >= 0.6 is 0 Å². The minimum Gasteiger partial charge on any atom is -0.395 e. The highest BCUT2D eigenvalue weighted by Crippen LogP contribution is 2.30. The van der Waals surface area contributed by atoms with Crippen molar-refractivity contribution < 1.29 is 5.11 Å². The van der Waals surface area contributed by atoms with Gasteiger partial charge in [-0.3, -0.25) is 4.90 Å². The normalized spacial score (nSPS) is 18.5. The lowest BCUT2D eigenvalue weighted by Gasteiger charge is -2.35. The summed E-state index contributed by atoms with van der Waals surface area (Å²) in [5, 5.41) is 12.6. The molecule has 2 N–H and O–H groups in total. The van der Waals surface area contributed by atoms with E-state index in [-0.39, 0.29) is 12.6 Å². The number of aliphatic hydroxyl groups is 1. The number of hydrogen-bond donors (Lipinski definition) is 2. The van der Waals surface area contributed by atoms with Gasteiger partial charge in [0, 0.05) is 18.3 Å². The van der Waals surface area contributed by atoms with Gasteiger partial charge in [0.2, 0.25) is 0 Å². The van der Waals surface area contributed by atoms with Gasteiger partial charge in [-0.05, 0) is 45.4 Å². The van der Waals surface area contributed by atoms with Gasteiger partial charge in [-0.25, -0.2) is 15.0 Å². The summed E-state index contributed by atoms with van der Waals surface area (Å²) in [6, 6.07) is 8.14. The Balaban J connectivity index is 1.85. The zero-order valence-electron chi connectivity index (χ0n) is 14.4. The predicted octanol–water partition coefficient (Wildman–Crippen LogP) is 2.75. The van der Waals surface area contributed by atoms with Crippen molar-refractivity contribution >= 4 is 11.6 Å². The lowest BCUT2D eigenvalue weighted by molar-refractivity contribution is 0.114. The van der Waals surface area contributed by atoms with Crippen molar-refractivity contribution in [2.75, 3.05) is 25.0 Å². The molecule has 1 aliphatic heterocycles. The minimum atomic E-state index is 0.179. The van der Waals surface area contributed by atoms with Gasteiger partial charge in [0.05, 0.1) is 18.3 Å². The Morgan fingerprint density at radius 2 is 2.04 bits per heavy atom. The zero-order chi connectivity index (χ0) is 16.9. The molecule has 128 valence electrons. The largest absolute Gasteiger partial charge is 0.395 e. The van der Waals surface area contributed by atoms with E-state index in [9.17, 15) is 5.11 Å². The molecule has 2 aromatic heterocycles. The first-order chi connectivity index (χ1) is 11.7. The maximum absolute atomic E-state index is 9.32. The van der Waals surface area contributed by atoms with E-state index in [2.05, 4.69) is 25.2 Å². The molecule has 0 bridgehead atoms. The molecule has 6 heteroatoms. The van der Waals surface area contributed by atoms with Crippen LogP contribution in [0.2, 0.25) is 0 Å².